The summed E-state index contributed by atoms with van der Waals surface area (Å²) in [6.45, 7) is 1.77. The summed E-state index contributed by atoms with van der Waals surface area (Å²) in [6.07, 6.45) is 3.47. The Labute approximate surface area is 201 Å². The van der Waals surface area contributed by atoms with Crippen LogP contribution in [0.5, 0.6) is 0 Å². The van der Waals surface area contributed by atoms with Crippen LogP contribution in [-0.2, 0) is 0 Å². The molecule has 170 valence electrons. The lowest BCUT2D eigenvalue weighted by Gasteiger charge is -2.31. The monoisotopic (exact) mass is 478 g/mol. The first-order valence-corrected chi connectivity index (χ1v) is 13.0. The quantitative estimate of drug-likeness (QED) is 0.247. The molecule has 1 saturated heterocycles. The Morgan fingerprint density at radius 1 is 0.970 bits per heavy atom. The van der Waals surface area contributed by atoms with Crippen molar-refractivity contribution in [2.45, 2.75) is 18.9 Å². The van der Waals surface area contributed by atoms with Gasteiger partial charge < -0.3 is 25.4 Å². The van der Waals surface area contributed by atoms with E-state index in [1.807, 2.05) is 54.1 Å². The lowest BCUT2D eigenvalue weighted by atomic mass is 10.1. The van der Waals surface area contributed by atoms with Gasteiger partial charge in [-0.3, -0.25) is 0 Å². The van der Waals surface area contributed by atoms with E-state index < -0.39 is 0 Å². The first-order valence-electron chi connectivity index (χ1n) is 10.9. The molecule has 0 amide bonds. The predicted molar refractivity (Wildman–Crippen MR) is 141 cm³/mol. The van der Waals surface area contributed by atoms with Gasteiger partial charge >= 0.3 is 0 Å². The number of anilines is 6. The average Bonchev–Trinajstić information content (AvgIpc) is 3.31. The van der Waals surface area contributed by atoms with Crippen molar-refractivity contribution in [3.05, 3.63) is 60.0 Å². The molecule has 1 fully saturated rings. The molecule has 1 aliphatic rings. The van der Waals surface area contributed by atoms with Crippen molar-refractivity contribution in [1.82, 2.24) is 9.97 Å². The fourth-order valence-corrected chi connectivity index (χ4v) is 5.11. The van der Waals surface area contributed by atoms with Gasteiger partial charge in [-0.15, -0.1) is 11.3 Å². The Morgan fingerprint density at radius 2 is 1.73 bits per heavy atom. The second-order valence-electron chi connectivity index (χ2n) is 7.90. The van der Waals surface area contributed by atoms with E-state index in [0.29, 0.717) is 5.95 Å². The third-order valence-corrected chi connectivity index (χ3v) is 6.98. The van der Waals surface area contributed by atoms with E-state index in [0.717, 1.165) is 59.0 Å². The molecule has 0 saturated carbocycles. The van der Waals surface area contributed by atoms with Crippen LogP contribution in [0.25, 0.3) is 10.2 Å². The van der Waals surface area contributed by atoms with Gasteiger partial charge in [0, 0.05) is 30.7 Å². The standard InChI is InChI=1S/C24H26N6OS2/c1-32-29-20-5-3-2-4-19(20)26-23-22-21(12-15-33-22)27-24(28-23)25-16-6-8-17(9-7-16)30-13-10-18(31)11-14-30/h2-9,12,15,18,29,31H,10-11,13-14H2,1H3,(H2,25,26,27,28). The van der Waals surface area contributed by atoms with Crippen molar-refractivity contribution in [3.8, 4) is 0 Å². The molecule has 0 atom stereocenters. The van der Waals surface area contributed by atoms with E-state index in [1.165, 1.54) is 5.69 Å². The van der Waals surface area contributed by atoms with E-state index in [-0.39, 0.29) is 6.10 Å². The minimum atomic E-state index is -0.169. The van der Waals surface area contributed by atoms with Crippen LogP contribution in [0.1, 0.15) is 12.8 Å². The number of nitrogens with one attached hydrogen (secondary N) is 3. The molecule has 0 spiro atoms. The predicted octanol–water partition coefficient (Wildman–Crippen LogP) is 5.83. The van der Waals surface area contributed by atoms with Gasteiger partial charge in [0.1, 0.15) is 0 Å². The van der Waals surface area contributed by atoms with E-state index in [1.54, 1.807) is 23.3 Å². The minimum Gasteiger partial charge on any atom is -0.393 e. The van der Waals surface area contributed by atoms with Gasteiger partial charge in [-0.05, 0) is 60.7 Å². The Morgan fingerprint density at radius 3 is 2.48 bits per heavy atom. The first kappa shape index (κ1) is 21.8. The van der Waals surface area contributed by atoms with Crippen molar-refractivity contribution in [2.24, 2.45) is 0 Å². The van der Waals surface area contributed by atoms with Gasteiger partial charge in [-0.1, -0.05) is 24.1 Å². The maximum Gasteiger partial charge on any atom is 0.229 e. The lowest BCUT2D eigenvalue weighted by Crippen LogP contribution is -2.35. The molecule has 3 heterocycles. The fourth-order valence-electron chi connectivity index (χ4n) is 3.93. The maximum atomic E-state index is 9.74. The molecule has 0 aliphatic carbocycles. The summed E-state index contributed by atoms with van der Waals surface area (Å²) in [4.78, 5) is 11.8. The molecule has 4 aromatic rings. The fraction of sp³-hybridized carbons (Fsp3) is 0.250. The van der Waals surface area contributed by atoms with Crippen molar-refractivity contribution in [1.29, 1.82) is 0 Å². The molecule has 0 radical (unpaired) electrons. The number of benzene rings is 2. The molecular formula is C24H26N6OS2. The highest BCUT2D eigenvalue weighted by Crippen LogP contribution is 2.33. The Hall–Kier alpha value is -3.01. The maximum absolute atomic E-state index is 9.74. The molecule has 4 N–H and O–H groups in total. The summed E-state index contributed by atoms with van der Waals surface area (Å²) < 4.78 is 4.32. The summed E-state index contributed by atoms with van der Waals surface area (Å²) in [6, 6.07) is 18.4. The number of nitrogens with zero attached hydrogens (tertiary/aromatic N) is 3. The summed E-state index contributed by atoms with van der Waals surface area (Å²) in [7, 11) is 0. The van der Waals surface area contributed by atoms with E-state index in [4.69, 9.17) is 9.97 Å². The van der Waals surface area contributed by atoms with Crippen LogP contribution in [0.3, 0.4) is 0 Å². The van der Waals surface area contributed by atoms with Gasteiger partial charge in [0.25, 0.3) is 0 Å². The van der Waals surface area contributed by atoms with Crippen LogP contribution < -0.4 is 20.3 Å². The number of hydrogen-bond donors (Lipinski definition) is 4. The third-order valence-electron chi connectivity index (χ3n) is 5.65. The number of piperidine rings is 1. The van der Waals surface area contributed by atoms with Crippen LogP contribution in [0.15, 0.2) is 60.0 Å². The molecule has 2 aromatic carbocycles. The molecule has 2 aromatic heterocycles. The van der Waals surface area contributed by atoms with E-state index >= 15 is 0 Å². The number of fused-ring (bicyclic) bond motifs is 1. The summed E-state index contributed by atoms with van der Waals surface area (Å²) in [5.41, 5.74) is 4.97. The van der Waals surface area contributed by atoms with Gasteiger partial charge in [0.15, 0.2) is 5.82 Å². The summed E-state index contributed by atoms with van der Waals surface area (Å²) >= 11 is 3.17. The van der Waals surface area contributed by atoms with E-state index in [9.17, 15) is 5.11 Å². The second-order valence-corrected chi connectivity index (χ2v) is 9.43. The number of hydrogen-bond acceptors (Lipinski definition) is 9. The van der Waals surface area contributed by atoms with Crippen LogP contribution in [0.2, 0.25) is 0 Å². The zero-order chi connectivity index (χ0) is 22.6. The average molecular weight is 479 g/mol. The molecule has 5 rings (SSSR count). The number of para-hydroxylation sites is 2. The lowest BCUT2D eigenvalue weighted by molar-refractivity contribution is 0.145. The summed E-state index contributed by atoms with van der Waals surface area (Å²) in [5, 5.41) is 18.6. The highest BCUT2D eigenvalue weighted by molar-refractivity contribution is 7.99. The smallest absolute Gasteiger partial charge is 0.229 e. The number of thiophene rings is 1. The molecular weight excluding hydrogens is 452 g/mol. The first-order chi connectivity index (χ1) is 16.2. The zero-order valence-corrected chi connectivity index (χ0v) is 19.9. The molecule has 0 bridgehead atoms. The summed E-state index contributed by atoms with van der Waals surface area (Å²) in [5.74, 6) is 1.32. The zero-order valence-electron chi connectivity index (χ0n) is 18.3. The van der Waals surface area contributed by atoms with Crippen LogP contribution in [0.4, 0.5) is 34.5 Å². The van der Waals surface area contributed by atoms with Gasteiger partial charge in [0.2, 0.25) is 5.95 Å². The molecule has 7 nitrogen and oxygen atoms in total. The molecule has 1 aliphatic heterocycles. The normalized spacial score (nSPS) is 14.4. The van der Waals surface area contributed by atoms with Crippen molar-refractivity contribution in [3.63, 3.8) is 0 Å². The van der Waals surface area contributed by atoms with Crippen molar-refractivity contribution < 1.29 is 5.11 Å². The Bertz CT molecular complexity index is 1220. The number of aromatic nitrogens is 2. The van der Waals surface area contributed by atoms with Gasteiger partial charge in [-0.2, -0.15) is 4.98 Å². The van der Waals surface area contributed by atoms with Crippen molar-refractivity contribution >= 4 is 68.0 Å². The van der Waals surface area contributed by atoms with Crippen LogP contribution >= 0.6 is 23.3 Å². The third kappa shape index (κ3) is 5.00. The van der Waals surface area contributed by atoms with E-state index in [2.05, 4.69) is 32.4 Å². The molecule has 33 heavy (non-hydrogen) atoms. The van der Waals surface area contributed by atoms with Crippen LogP contribution in [0, 0.1) is 0 Å². The van der Waals surface area contributed by atoms with Crippen LogP contribution in [-0.4, -0.2) is 40.5 Å². The largest absolute Gasteiger partial charge is 0.393 e. The van der Waals surface area contributed by atoms with Gasteiger partial charge in [-0.25, -0.2) is 4.98 Å². The molecule has 0 unspecified atom stereocenters. The number of aliphatic hydroxyl groups excluding tert-OH is 1. The Kier molecular flexibility index (Phi) is 6.52. The highest BCUT2D eigenvalue weighted by atomic mass is 32.2. The SMILES string of the molecule is CSNc1ccccc1Nc1nc(Nc2ccc(N3CCC(O)CC3)cc2)nc2ccsc12. The number of rotatable bonds is 7. The Balaban J connectivity index is 1.37. The topological polar surface area (TPSA) is 85.3 Å². The second kappa shape index (κ2) is 9.86. The number of aliphatic hydroxyl groups is 1. The minimum absolute atomic E-state index is 0.169. The van der Waals surface area contributed by atoms with Crippen molar-refractivity contribution in [2.75, 3.05) is 39.6 Å². The van der Waals surface area contributed by atoms with Gasteiger partial charge in [0.05, 0.1) is 27.7 Å². The molecule has 9 heteroatoms. The highest BCUT2D eigenvalue weighted by Gasteiger charge is 2.17.